The molecule has 1 rings (SSSR count). The van der Waals surface area contributed by atoms with Gasteiger partial charge >= 0.3 is 0 Å². The molecule has 0 radical (unpaired) electrons. The highest BCUT2D eigenvalue weighted by atomic mass is 32.2. The van der Waals surface area contributed by atoms with E-state index in [4.69, 9.17) is 0 Å². The van der Waals surface area contributed by atoms with Crippen LogP contribution in [0.2, 0.25) is 0 Å². The summed E-state index contributed by atoms with van der Waals surface area (Å²) in [6, 6.07) is 0. The molecule has 0 aliphatic heterocycles. The van der Waals surface area contributed by atoms with Crippen molar-refractivity contribution < 1.29 is 8.42 Å². The largest absolute Gasteiger partial charge is 0.316 e. The second-order valence-electron chi connectivity index (χ2n) is 5.35. The lowest BCUT2D eigenvalue weighted by Gasteiger charge is -2.19. The Morgan fingerprint density at radius 1 is 1.15 bits per heavy atom. The van der Waals surface area contributed by atoms with E-state index in [1.807, 2.05) is 13.8 Å². The van der Waals surface area contributed by atoms with Gasteiger partial charge in [0.05, 0.1) is 0 Å². The lowest BCUT2D eigenvalue weighted by molar-refractivity contribution is 0.587. The van der Waals surface area contributed by atoms with Crippen molar-refractivity contribution in [2.45, 2.75) is 45.8 Å². The molecule has 0 bridgehead atoms. The molecular formula is C14H25N3O2S. The van der Waals surface area contributed by atoms with Gasteiger partial charge in [-0.25, -0.2) is 18.4 Å². The van der Waals surface area contributed by atoms with Gasteiger partial charge in [-0.05, 0) is 38.8 Å². The first-order valence-corrected chi connectivity index (χ1v) is 8.88. The van der Waals surface area contributed by atoms with Gasteiger partial charge < -0.3 is 5.32 Å². The Labute approximate surface area is 122 Å². The molecule has 0 aromatic carbocycles. The van der Waals surface area contributed by atoms with E-state index < -0.39 is 15.1 Å². The third-order valence-corrected chi connectivity index (χ3v) is 5.04. The molecule has 0 aliphatic carbocycles. The number of nitrogens with one attached hydrogen (secondary N) is 1. The maximum absolute atomic E-state index is 11.6. The molecule has 0 saturated carbocycles. The van der Waals surface area contributed by atoms with E-state index in [0.717, 1.165) is 30.0 Å². The zero-order valence-electron chi connectivity index (χ0n) is 13.2. The number of rotatable bonds is 6. The molecule has 1 aromatic heterocycles. The first-order valence-electron chi connectivity index (χ1n) is 6.93. The molecule has 1 aromatic rings. The zero-order chi connectivity index (χ0) is 15.5. The van der Waals surface area contributed by atoms with Crippen molar-refractivity contribution >= 4 is 9.84 Å². The summed E-state index contributed by atoms with van der Waals surface area (Å²) in [5.41, 5.74) is 2.84. The smallest absolute Gasteiger partial charge is 0.157 e. The van der Waals surface area contributed by atoms with E-state index in [2.05, 4.69) is 29.1 Å². The normalized spacial score (nSPS) is 15.1. The monoisotopic (exact) mass is 299 g/mol. The first kappa shape index (κ1) is 17.0. The van der Waals surface area contributed by atoms with E-state index in [-0.39, 0.29) is 0 Å². The van der Waals surface area contributed by atoms with Gasteiger partial charge in [-0.15, -0.1) is 0 Å². The SMILES string of the molecule is CCNCC(C)c1c(C)nc(C(C)S(C)(=O)=O)nc1C. The van der Waals surface area contributed by atoms with Gasteiger partial charge in [0.15, 0.2) is 9.84 Å². The summed E-state index contributed by atoms with van der Waals surface area (Å²) in [4.78, 5) is 8.82. The fraction of sp³-hybridized carbons (Fsp3) is 0.714. The molecule has 5 nitrogen and oxygen atoms in total. The Kier molecular flexibility index (Phi) is 5.65. The molecule has 0 amide bonds. The fourth-order valence-electron chi connectivity index (χ4n) is 2.30. The minimum Gasteiger partial charge on any atom is -0.316 e. The van der Waals surface area contributed by atoms with Crippen LogP contribution in [0.1, 0.15) is 54.7 Å². The number of hydrogen-bond donors (Lipinski definition) is 1. The fourth-order valence-corrected chi connectivity index (χ4v) is 2.79. The highest BCUT2D eigenvalue weighted by molar-refractivity contribution is 7.90. The molecule has 1 N–H and O–H groups in total. The molecule has 2 atom stereocenters. The van der Waals surface area contributed by atoms with Gasteiger partial charge in [0.2, 0.25) is 0 Å². The Bertz CT molecular complexity index is 547. The molecule has 0 aliphatic rings. The van der Waals surface area contributed by atoms with Crippen LogP contribution in [0.3, 0.4) is 0 Å². The van der Waals surface area contributed by atoms with Crippen LogP contribution in [0.15, 0.2) is 0 Å². The van der Waals surface area contributed by atoms with Crippen LogP contribution in [-0.4, -0.2) is 37.7 Å². The van der Waals surface area contributed by atoms with Crippen molar-refractivity contribution in [1.29, 1.82) is 0 Å². The average molecular weight is 299 g/mol. The highest BCUT2D eigenvalue weighted by Crippen LogP contribution is 2.24. The molecule has 0 spiro atoms. The maximum Gasteiger partial charge on any atom is 0.157 e. The molecule has 0 fully saturated rings. The van der Waals surface area contributed by atoms with Crippen molar-refractivity contribution in [3.05, 3.63) is 22.8 Å². The summed E-state index contributed by atoms with van der Waals surface area (Å²) < 4.78 is 23.2. The van der Waals surface area contributed by atoms with Crippen LogP contribution in [0.25, 0.3) is 0 Å². The van der Waals surface area contributed by atoms with Crippen LogP contribution in [-0.2, 0) is 9.84 Å². The van der Waals surface area contributed by atoms with E-state index in [9.17, 15) is 8.42 Å². The van der Waals surface area contributed by atoms with Gasteiger partial charge in [-0.1, -0.05) is 13.8 Å². The average Bonchev–Trinajstić information content (AvgIpc) is 2.33. The highest BCUT2D eigenvalue weighted by Gasteiger charge is 2.23. The lowest BCUT2D eigenvalue weighted by Crippen LogP contribution is -2.22. The van der Waals surface area contributed by atoms with E-state index in [0.29, 0.717) is 11.7 Å². The third-order valence-electron chi connectivity index (χ3n) is 3.54. The third kappa shape index (κ3) is 3.99. The summed E-state index contributed by atoms with van der Waals surface area (Å²) in [5.74, 6) is 0.694. The minimum atomic E-state index is -3.17. The summed E-state index contributed by atoms with van der Waals surface area (Å²) >= 11 is 0. The lowest BCUT2D eigenvalue weighted by atomic mass is 9.98. The second-order valence-corrected chi connectivity index (χ2v) is 7.71. The Morgan fingerprint density at radius 3 is 2.05 bits per heavy atom. The van der Waals surface area contributed by atoms with E-state index >= 15 is 0 Å². The number of hydrogen-bond acceptors (Lipinski definition) is 5. The maximum atomic E-state index is 11.6. The molecule has 2 unspecified atom stereocenters. The van der Waals surface area contributed by atoms with E-state index in [1.165, 1.54) is 6.26 Å². The predicted molar refractivity (Wildman–Crippen MR) is 81.7 cm³/mol. The first-order chi connectivity index (χ1) is 9.18. The van der Waals surface area contributed by atoms with Crippen molar-refractivity contribution in [2.75, 3.05) is 19.3 Å². The second kappa shape index (κ2) is 6.63. The number of aromatic nitrogens is 2. The summed E-state index contributed by atoms with van der Waals surface area (Å²) in [6.45, 7) is 11.5. The number of aryl methyl sites for hydroxylation is 2. The molecule has 1 heterocycles. The zero-order valence-corrected chi connectivity index (χ0v) is 14.0. The van der Waals surface area contributed by atoms with E-state index in [1.54, 1.807) is 6.92 Å². The quantitative estimate of drug-likeness (QED) is 0.868. The molecule has 20 heavy (non-hydrogen) atoms. The van der Waals surface area contributed by atoms with Crippen molar-refractivity contribution in [3.8, 4) is 0 Å². The Morgan fingerprint density at radius 2 is 1.65 bits per heavy atom. The Hall–Kier alpha value is -1.01. The van der Waals surface area contributed by atoms with Gasteiger partial charge in [0.1, 0.15) is 11.1 Å². The van der Waals surface area contributed by atoms with Gasteiger partial charge in [-0.3, -0.25) is 0 Å². The standard InChI is InChI=1S/C14H25N3O2S/c1-7-15-8-9(2)13-10(3)16-14(17-11(13)4)12(5)20(6,18)19/h9,12,15H,7-8H2,1-6H3. The van der Waals surface area contributed by atoms with Crippen LogP contribution >= 0.6 is 0 Å². The van der Waals surface area contributed by atoms with Gasteiger partial charge in [0, 0.05) is 24.2 Å². The number of nitrogens with zero attached hydrogens (tertiary/aromatic N) is 2. The molecule has 114 valence electrons. The number of likely N-dealkylation sites (N-methyl/N-ethyl adjacent to an activating group) is 1. The minimum absolute atomic E-state index is 0.303. The van der Waals surface area contributed by atoms with Crippen LogP contribution in [0.4, 0.5) is 0 Å². The summed E-state index contributed by atoms with van der Waals surface area (Å²) in [7, 11) is -3.17. The van der Waals surface area contributed by atoms with Gasteiger partial charge in [-0.2, -0.15) is 0 Å². The van der Waals surface area contributed by atoms with Crippen molar-refractivity contribution in [1.82, 2.24) is 15.3 Å². The van der Waals surface area contributed by atoms with Gasteiger partial charge in [0.25, 0.3) is 0 Å². The summed E-state index contributed by atoms with van der Waals surface area (Å²) in [6.07, 6.45) is 1.22. The summed E-state index contributed by atoms with van der Waals surface area (Å²) in [5, 5.41) is 2.64. The topological polar surface area (TPSA) is 72.0 Å². The van der Waals surface area contributed by atoms with Crippen LogP contribution in [0.5, 0.6) is 0 Å². The predicted octanol–water partition coefficient (Wildman–Crippen LogP) is 1.91. The van der Waals surface area contributed by atoms with Crippen molar-refractivity contribution in [3.63, 3.8) is 0 Å². The van der Waals surface area contributed by atoms with Crippen LogP contribution in [0, 0.1) is 13.8 Å². The molecule has 0 saturated heterocycles. The molecular weight excluding hydrogens is 274 g/mol. The van der Waals surface area contributed by atoms with Crippen molar-refractivity contribution in [2.24, 2.45) is 0 Å². The number of sulfone groups is 1. The Balaban J connectivity index is 3.15. The molecule has 6 heteroatoms. The van der Waals surface area contributed by atoms with Crippen LogP contribution < -0.4 is 5.32 Å².